The quantitative estimate of drug-likeness (QED) is 0.230. The van der Waals surface area contributed by atoms with Gasteiger partial charge in [0.15, 0.2) is 6.61 Å². The van der Waals surface area contributed by atoms with Gasteiger partial charge >= 0.3 is 5.97 Å². The van der Waals surface area contributed by atoms with Crippen molar-refractivity contribution in [3.63, 3.8) is 0 Å². The Kier molecular flexibility index (Phi) is 7.05. The van der Waals surface area contributed by atoms with Gasteiger partial charge in [-0.15, -0.1) is 11.3 Å². The summed E-state index contributed by atoms with van der Waals surface area (Å²) < 4.78 is 16.7. The van der Waals surface area contributed by atoms with Crippen LogP contribution in [0.2, 0.25) is 0 Å². The van der Waals surface area contributed by atoms with E-state index in [1.54, 1.807) is 30.6 Å². The molecule has 4 aromatic carbocycles. The highest BCUT2D eigenvalue weighted by atomic mass is 32.1. The van der Waals surface area contributed by atoms with Gasteiger partial charge < -0.3 is 19.3 Å². The van der Waals surface area contributed by atoms with E-state index in [1.807, 2.05) is 49.4 Å². The fourth-order valence-corrected chi connectivity index (χ4v) is 5.05. The van der Waals surface area contributed by atoms with Gasteiger partial charge in [-0.3, -0.25) is 0 Å². The van der Waals surface area contributed by atoms with Crippen LogP contribution in [-0.2, 0) is 11.4 Å². The van der Waals surface area contributed by atoms with E-state index in [9.17, 15) is 4.79 Å². The first-order valence-electron chi connectivity index (χ1n) is 11.7. The number of hydrogen-bond donors (Lipinski definition) is 1. The summed E-state index contributed by atoms with van der Waals surface area (Å²) in [6.45, 7) is 1.77. The molecule has 0 aliphatic heterocycles. The maximum atomic E-state index is 10.8. The van der Waals surface area contributed by atoms with Crippen molar-refractivity contribution in [2.24, 2.45) is 0 Å². The maximum Gasteiger partial charge on any atom is 0.341 e. The number of rotatable bonds is 9. The fourth-order valence-electron chi connectivity index (χ4n) is 4.06. The summed E-state index contributed by atoms with van der Waals surface area (Å²) in [5.74, 6) is 0.956. The molecule has 186 valence electrons. The second-order valence-electron chi connectivity index (χ2n) is 8.47. The van der Waals surface area contributed by atoms with E-state index in [4.69, 9.17) is 24.3 Å². The van der Waals surface area contributed by atoms with Crippen molar-refractivity contribution >= 4 is 28.1 Å². The summed E-state index contributed by atoms with van der Waals surface area (Å²) in [5.41, 5.74) is 3.80. The number of aliphatic carboxylic acids is 1. The minimum Gasteiger partial charge on any atom is -0.497 e. The van der Waals surface area contributed by atoms with E-state index in [0.717, 1.165) is 38.0 Å². The van der Waals surface area contributed by atoms with E-state index in [1.165, 1.54) is 10.8 Å². The molecule has 0 amide bonds. The van der Waals surface area contributed by atoms with Crippen molar-refractivity contribution in [3.05, 3.63) is 95.5 Å². The van der Waals surface area contributed by atoms with Crippen LogP contribution in [0.3, 0.4) is 0 Å². The highest BCUT2D eigenvalue weighted by Crippen LogP contribution is 2.39. The summed E-state index contributed by atoms with van der Waals surface area (Å²) in [6.07, 6.45) is 0. The van der Waals surface area contributed by atoms with Gasteiger partial charge in [0.2, 0.25) is 0 Å². The molecule has 0 aliphatic carbocycles. The smallest absolute Gasteiger partial charge is 0.341 e. The first-order valence-corrected chi connectivity index (χ1v) is 12.5. The fraction of sp³-hybridized carbons (Fsp3) is 0.133. The first-order chi connectivity index (χ1) is 18.0. The number of aromatic nitrogens is 1. The number of nitrogens with zero attached hydrogens (tertiary/aromatic N) is 1. The molecule has 0 radical (unpaired) electrons. The standard InChI is InChI=1S/C30H25NO5S/c1-19-15-25(13-14-26(19)36-18-28(32)33)35-17-27-31-29(21-9-11-24(34-2)12-10-21)30(37-27)23-8-7-20-5-3-4-6-22(20)16-23/h3-16H,17-18H2,1-2H3,(H,32,33). The molecule has 0 atom stereocenters. The third kappa shape index (κ3) is 5.57. The predicted octanol–water partition coefficient (Wildman–Crippen LogP) is 6.99. The Bertz CT molecular complexity index is 1560. The molecule has 6 nitrogen and oxygen atoms in total. The van der Waals surface area contributed by atoms with Gasteiger partial charge in [0.05, 0.1) is 17.7 Å². The van der Waals surface area contributed by atoms with Crippen LogP contribution in [0.25, 0.3) is 32.5 Å². The number of ether oxygens (including phenoxy) is 3. The van der Waals surface area contributed by atoms with Crippen molar-refractivity contribution in [2.75, 3.05) is 13.7 Å². The summed E-state index contributed by atoms with van der Waals surface area (Å²) in [7, 11) is 1.65. The molecule has 0 saturated heterocycles. The molecule has 0 aliphatic rings. The Hall–Kier alpha value is -4.36. The lowest BCUT2D eigenvalue weighted by atomic mass is 10.0. The number of benzene rings is 4. The molecular formula is C30H25NO5S. The van der Waals surface area contributed by atoms with Crippen LogP contribution in [0.15, 0.2) is 84.9 Å². The number of thiazole rings is 1. The molecule has 0 bridgehead atoms. The zero-order chi connectivity index (χ0) is 25.8. The van der Waals surface area contributed by atoms with Gasteiger partial charge in [-0.25, -0.2) is 9.78 Å². The number of fused-ring (bicyclic) bond motifs is 1. The summed E-state index contributed by atoms with van der Waals surface area (Å²) in [4.78, 5) is 16.8. The van der Waals surface area contributed by atoms with E-state index in [-0.39, 0.29) is 6.61 Å². The van der Waals surface area contributed by atoms with Crippen LogP contribution >= 0.6 is 11.3 Å². The molecule has 0 fully saturated rings. The molecular weight excluding hydrogens is 486 g/mol. The van der Waals surface area contributed by atoms with Gasteiger partial charge in [0.25, 0.3) is 0 Å². The lowest BCUT2D eigenvalue weighted by Gasteiger charge is -2.09. The van der Waals surface area contributed by atoms with Gasteiger partial charge in [-0.1, -0.05) is 36.4 Å². The molecule has 0 saturated carbocycles. The second kappa shape index (κ2) is 10.7. The number of hydrogen-bond acceptors (Lipinski definition) is 6. The Morgan fingerprint density at radius 3 is 2.32 bits per heavy atom. The van der Waals surface area contributed by atoms with Crippen LogP contribution < -0.4 is 14.2 Å². The Balaban J connectivity index is 1.44. The van der Waals surface area contributed by atoms with Crippen molar-refractivity contribution < 1.29 is 24.1 Å². The van der Waals surface area contributed by atoms with Gasteiger partial charge in [-0.05, 0) is 77.4 Å². The van der Waals surface area contributed by atoms with E-state index in [2.05, 4.69) is 30.3 Å². The van der Waals surface area contributed by atoms with Gasteiger partial charge in [0.1, 0.15) is 28.9 Å². The minimum absolute atomic E-state index is 0.302. The maximum absolute atomic E-state index is 10.8. The molecule has 0 unspecified atom stereocenters. The second-order valence-corrected chi connectivity index (χ2v) is 9.56. The lowest BCUT2D eigenvalue weighted by molar-refractivity contribution is -0.139. The molecule has 0 spiro atoms. The number of aryl methyl sites for hydroxylation is 1. The topological polar surface area (TPSA) is 77.9 Å². The average Bonchev–Trinajstić information content (AvgIpc) is 3.35. The SMILES string of the molecule is COc1ccc(-c2nc(COc3ccc(OCC(=O)O)c(C)c3)sc2-c2ccc3ccccc3c2)cc1. The third-order valence-corrected chi connectivity index (χ3v) is 6.98. The molecule has 5 rings (SSSR count). The van der Waals surface area contributed by atoms with Crippen molar-refractivity contribution in [2.45, 2.75) is 13.5 Å². The lowest BCUT2D eigenvalue weighted by Crippen LogP contribution is -2.10. The molecule has 1 N–H and O–H groups in total. The Morgan fingerprint density at radius 2 is 1.59 bits per heavy atom. The van der Waals surface area contributed by atoms with Crippen LogP contribution in [0.5, 0.6) is 17.2 Å². The van der Waals surface area contributed by atoms with Gasteiger partial charge in [0, 0.05) is 5.56 Å². The largest absolute Gasteiger partial charge is 0.497 e. The van der Waals surface area contributed by atoms with E-state index < -0.39 is 5.97 Å². The zero-order valence-corrected chi connectivity index (χ0v) is 21.2. The number of carbonyl (C=O) groups is 1. The number of carboxylic acids is 1. The van der Waals surface area contributed by atoms with Gasteiger partial charge in [-0.2, -0.15) is 0 Å². The highest BCUT2D eigenvalue weighted by Gasteiger charge is 2.16. The van der Waals surface area contributed by atoms with E-state index >= 15 is 0 Å². The monoisotopic (exact) mass is 511 g/mol. The number of methoxy groups -OCH3 is 1. The normalized spacial score (nSPS) is 10.9. The van der Waals surface area contributed by atoms with Crippen molar-refractivity contribution in [1.29, 1.82) is 0 Å². The molecule has 5 aromatic rings. The van der Waals surface area contributed by atoms with E-state index in [0.29, 0.717) is 18.1 Å². The molecule has 1 aromatic heterocycles. The number of carboxylic acid groups (broad SMARTS) is 1. The zero-order valence-electron chi connectivity index (χ0n) is 20.4. The molecule has 7 heteroatoms. The third-order valence-electron chi connectivity index (χ3n) is 5.91. The summed E-state index contributed by atoms with van der Waals surface area (Å²) >= 11 is 1.61. The average molecular weight is 512 g/mol. The van der Waals surface area contributed by atoms with Crippen molar-refractivity contribution in [1.82, 2.24) is 4.98 Å². The Labute approximate surface area is 218 Å². The summed E-state index contributed by atoms with van der Waals surface area (Å²) in [6, 6.07) is 28.0. The molecule has 37 heavy (non-hydrogen) atoms. The van der Waals surface area contributed by atoms with Crippen molar-refractivity contribution in [3.8, 4) is 38.9 Å². The van der Waals surface area contributed by atoms with Crippen LogP contribution in [0.1, 0.15) is 10.6 Å². The minimum atomic E-state index is -1.02. The van der Waals surface area contributed by atoms with Crippen LogP contribution in [0.4, 0.5) is 0 Å². The Morgan fingerprint density at radius 1 is 0.865 bits per heavy atom. The van der Waals surface area contributed by atoms with Crippen LogP contribution in [0, 0.1) is 6.92 Å². The first kappa shape index (κ1) is 24.3. The predicted molar refractivity (Wildman–Crippen MR) is 146 cm³/mol. The van der Waals surface area contributed by atoms with Crippen LogP contribution in [-0.4, -0.2) is 29.8 Å². The highest BCUT2D eigenvalue weighted by molar-refractivity contribution is 7.15. The molecule has 1 heterocycles. The summed E-state index contributed by atoms with van der Waals surface area (Å²) in [5, 5.41) is 12.0.